The molecule has 1 heterocycles. The van der Waals surface area contributed by atoms with Gasteiger partial charge in [0.05, 0.1) is 27.9 Å². The molecule has 1 fully saturated rings. The summed E-state index contributed by atoms with van der Waals surface area (Å²) in [5.74, 6) is 2.62. The maximum atomic E-state index is 12.1. The minimum atomic E-state index is -0.249. The van der Waals surface area contributed by atoms with Crippen LogP contribution in [0.4, 0.5) is 0 Å². The topological polar surface area (TPSA) is 87.7 Å². The van der Waals surface area contributed by atoms with E-state index in [1.165, 1.54) is 0 Å². The van der Waals surface area contributed by atoms with Crippen LogP contribution in [0.1, 0.15) is 26.3 Å². The number of piperazine rings is 1. The number of rotatable bonds is 7. The molecule has 0 unspecified atom stereocenters. The Bertz CT molecular complexity index is 749. The van der Waals surface area contributed by atoms with Gasteiger partial charge in [-0.25, -0.2) is 0 Å². The molecule has 0 aromatic heterocycles. The van der Waals surface area contributed by atoms with Crippen molar-refractivity contribution >= 4 is 35.8 Å². The summed E-state index contributed by atoms with van der Waals surface area (Å²) in [7, 11) is 6.60. The van der Waals surface area contributed by atoms with Gasteiger partial charge in [-0.1, -0.05) is 0 Å². The number of guanidine groups is 1. The molecule has 0 bridgehead atoms. The second-order valence-electron chi connectivity index (χ2n) is 8.50. The van der Waals surface area contributed by atoms with Gasteiger partial charge in [0.2, 0.25) is 11.7 Å². The lowest BCUT2D eigenvalue weighted by atomic mass is 10.1. The molecule has 0 saturated carbocycles. The normalized spacial score (nSPS) is 15.0. The van der Waals surface area contributed by atoms with Crippen molar-refractivity contribution in [2.45, 2.75) is 32.9 Å². The Kier molecular flexibility index (Phi) is 11.3. The van der Waals surface area contributed by atoms with Crippen molar-refractivity contribution in [1.82, 2.24) is 20.4 Å². The first-order valence-corrected chi connectivity index (χ1v) is 10.5. The Hall–Kier alpha value is -1.95. The molecule has 32 heavy (non-hydrogen) atoms. The van der Waals surface area contributed by atoms with Gasteiger partial charge in [0, 0.05) is 45.3 Å². The zero-order valence-electron chi connectivity index (χ0n) is 20.3. The largest absolute Gasteiger partial charge is 0.493 e. The van der Waals surface area contributed by atoms with E-state index in [1.807, 2.05) is 32.9 Å². The molecule has 0 radical (unpaired) electrons. The molecule has 1 aromatic carbocycles. The highest BCUT2D eigenvalue weighted by Gasteiger charge is 2.22. The predicted octanol–water partition coefficient (Wildman–Crippen LogP) is 1.94. The van der Waals surface area contributed by atoms with Gasteiger partial charge in [-0.3, -0.25) is 14.7 Å². The fourth-order valence-corrected chi connectivity index (χ4v) is 3.56. The van der Waals surface area contributed by atoms with Crippen molar-refractivity contribution in [3.05, 3.63) is 17.7 Å². The van der Waals surface area contributed by atoms with Crippen LogP contribution in [0.25, 0.3) is 0 Å². The average molecular weight is 563 g/mol. The highest BCUT2D eigenvalue weighted by molar-refractivity contribution is 14.0. The minimum absolute atomic E-state index is 0. The number of hydrogen-bond donors (Lipinski definition) is 2. The molecule has 10 heteroatoms. The van der Waals surface area contributed by atoms with Gasteiger partial charge >= 0.3 is 0 Å². The third-order valence-electron chi connectivity index (χ3n) is 4.94. The molecule has 1 aliphatic rings. The lowest BCUT2D eigenvalue weighted by Gasteiger charge is -2.36. The number of carbonyl (C=O) groups excluding carboxylic acids is 1. The molecule has 9 nitrogen and oxygen atoms in total. The van der Waals surface area contributed by atoms with Crippen LogP contribution in [0, 0.1) is 0 Å². The second kappa shape index (κ2) is 12.9. The van der Waals surface area contributed by atoms with Gasteiger partial charge in [0.1, 0.15) is 0 Å². The summed E-state index contributed by atoms with van der Waals surface area (Å²) in [6.45, 7) is 10.3. The molecule has 0 spiro atoms. The lowest BCUT2D eigenvalue weighted by Crippen LogP contribution is -2.54. The first-order chi connectivity index (χ1) is 14.7. The van der Waals surface area contributed by atoms with Gasteiger partial charge in [-0.2, -0.15) is 0 Å². The van der Waals surface area contributed by atoms with Crippen molar-refractivity contribution in [2.75, 3.05) is 61.1 Å². The van der Waals surface area contributed by atoms with Gasteiger partial charge in [-0.05, 0) is 38.5 Å². The number of aliphatic imine (C=N–C) groups is 1. The molecule has 2 rings (SSSR count). The van der Waals surface area contributed by atoms with Crippen LogP contribution < -0.4 is 24.8 Å². The van der Waals surface area contributed by atoms with Crippen molar-refractivity contribution in [3.8, 4) is 17.2 Å². The van der Waals surface area contributed by atoms with Crippen molar-refractivity contribution in [2.24, 2.45) is 4.99 Å². The number of benzene rings is 1. The third kappa shape index (κ3) is 8.19. The standard InChI is InChI=1S/C22H37N5O4.HI/c1-22(2,3)25-19(28)14-24-21(23-4)27-10-8-26(9-11-27)15-16-12-17(29-5)20(31-7)18(13-16)30-6;/h12-13H,8-11,14-15H2,1-7H3,(H,23,24)(H,25,28);1H. The molecule has 0 atom stereocenters. The lowest BCUT2D eigenvalue weighted by molar-refractivity contribution is -0.121. The van der Waals surface area contributed by atoms with Gasteiger partial charge < -0.3 is 29.7 Å². The van der Waals surface area contributed by atoms with E-state index in [2.05, 4.69) is 25.4 Å². The number of halogens is 1. The summed E-state index contributed by atoms with van der Waals surface area (Å²) in [5.41, 5.74) is 0.852. The summed E-state index contributed by atoms with van der Waals surface area (Å²) < 4.78 is 16.3. The highest BCUT2D eigenvalue weighted by Crippen LogP contribution is 2.38. The number of amides is 1. The summed E-state index contributed by atoms with van der Waals surface area (Å²) in [4.78, 5) is 21.0. The van der Waals surface area contributed by atoms with E-state index in [0.717, 1.165) is 44.2 Å². The summed E-state index contributed by atoms with van der Waals surface area (Å²) in [6.07, 6.45) is 0. The Morgan fingerprint density at radius 2 is 1.59 bits per heavy atom. The SMILES string of the molecule is CN=C(NCC(=O)NC(C)(C)C)N1CCN(Cc2cc(OC)c(OC)c(OC)c2)CC1.I. The van der Waals surface area contributed by atoms with E-state index < -0.39 is 0 Å². The molecule has 2 N–H and O–H groups in total. The van der Waals surface area contributed by atoms with Gasteiger partial charge in [0.15, 0.2) is 17.5 Å². The molecular weight excluding hydrogens is 525 g/mol. The fraction of sp³-hybridized carbons (Fsp3) is 0.636. The van der Waals surface area contributed by atoms with E-state index in [-0.39, 0.29) is 42.0 Å². The van der Waals surface area contributed by atoms with E-state index in [0.29, 0.717) is 17.2 Å². The van der Waals surface area contributed by atoms with Crippen LogP contribution in [0.5, 0.6) is 17.2 Å². The number of nitrogens with one attached hydrogen (secondary N) is 2. The van der Waals surface area contributed by atoms with Crippen LogP contribution in [-0.4, -0.2) is 88.3 Å². The quantitative estimate of drug-likeness (QED) is 0.298. The van der Waals surface area contributed by atoms with Gasteiger partial charge in [0.25, 0.3) is 0 Å². The Morgan fingerprint density at radius 1 is 1.03 bits per heavy atom. The zero-order valence-corrected chi connectivity index (χ0v) is 22.6. The predicted molar refractivity (Wildman–Crippen MR) is 138 cm³/mol. The monoisotopic (exact) mass is 563 g/mol. The number of nitrogens with zero attached hydrogens (tertiary/aromatic N) is 3. The van der Waals surface area contributed by atoms with Crippen molar-refractivity contribution in [3.63, 3.8) is 0 Å². The third-order valence-corrected chi connectivity index (χ3v) is 4.94. The Morgan fingerprint density at radius 3 is 2.03 bits per heavy atom. The Balaban J connectivity index is 0.00000512. The minimum Gasteiger partial charge on any atom is -0.493 e. The first kappa shape index (κ1) is 28.1. The number of hydrogen-bond acceptors (Lipinski definition) is 6. The maximum Gasteiger partial charge on any atom is 0.239 e. The second-order valence-corrected chi connectivity index (χ2v) is 8.50. The van der Waals surface area contributed by atoms with E-state index in [1.54, 1.807) is 28.4 Å². The molecule has 1 amide bonds. The molecule has 182 valence electrons. The molecule has 1 saturated heterocycles. The Labute approximate surface area is 208 Å². The summed E-state index contributed by atoms with van der Waals surface area (Å²) in [6, 6.07) is 3.98. The zero-order chi connectivity index (χ0) is 23.0. The van der Waals surface area contributed by atoms with Crippen LogP contribution in [-0.2, 0) is 11.3 Å². The highest BCUT2D eigenvalue weighted by atomic mass is 127. The summed E-state index contributed by atoms with van der Waals surface area (Å²) >= 11 is 0. The number of methoxy groups -OCH3 is 3. The molecule has 1 aliphatic heterocycles. The van der Waals surface area contributed by atoms with Crippen LogP contribution in [0.15, 0.2) is 17.1 Å². The van der Waals surface area contributed by atoms with E-state index in [9.17, 15) is 4.79 Å². The fourth-order valence-electron chi connectivity index (χ4n) is 3.56. The smallest absolute Gasteiger partial charge is 0.239 e. The van der Waals surface area contributed by atoms with Crippen LogP contribution in [0.3, 0.4) is 0 Å². The van der Waals surface area contributed by atoms with Gasteiger partial charge in [-0.15, -0.1) is 24.0 Å². The van der Waals surface area contributed by atoms with Crippen LogP contribution >= 0.6 is 24.0 Å². The van der Waals surface area contributed by atoms with E-state index in [4.69, 9.17) is 14.2 Å². The molecule has 0 aliphatic carbocycles. The number of carbonyl (C=O) groups is 1. The average Bonchev–Trinajstić information content (AvgIpc) is 2.73. The first-order valence-electron chi connectivity index (χ1n) is 10.5. The van der Waals surface area contributed by atoms with E-state index >= 15 is 0 Å². The summed E-state index contributed by atoms with van der Waals surface area (Å²) in [5, 5.41) is 6.12. The molecule has 1 aromatic rings. The van der Waals surface area contributed by atoms with Crippen LogP contribution in [0.2, 0.25) is 0 Å². The van der Waals surface area contributed by atoms with Crippen molar-refractivity contribution < 1.29 is 19.0 Å². The van der Waals surface area contributed by atoms with Crippen molar-refractivity contribution in [1.29, 1.82) is 0 Å². The molecular formula is C22H38IN5O4. The number of ether oxygens (including phenoxy) is 3. The maximum absolute atomic E-state index is 12.1.